The van der Waals surface area contributed by atoms with E-state index in [9.17, 15) is 13.7 Å². The molecule has 10 heteroatoms. The molecule has 0 saturated carbocycles. The Labute approximate surface area is 220 Å². The minimum atomic E-state index is -3.97. The molecule has 0 spiro atoms. The van der Waals surface area contributed by atoms with Crippen molar-refractivity contribution in [3.05, 3.63) is 90.0 Å². The molecule has 5 rings (SSSR count). The first kappa shape index (κ1) is 25.1. The highest BCUT2D eigenvalue weighted by molar-refractivity contribution is 7.89. The molecule has 0 fully saturated rings. The summed E-state index contributed by atoms with van der Waals surface area (Å²) < 4.78 is 32.0. The summed E-state index contributed by atoms with van der Waals surface area (Å²) in [5, 5.41) is 20.2. The lowest BCUT2D eigenvalue weighted by Gasteiger charge is -2.20. The molecular formula is C28H24N6O3S. The molecule has 3 aromatic heterocycles. The van der Waals surface area contributed by atoms with Crippen LogP contribution in [0, 0.1) is 18.3 Å². The number of hydrogen-bond acceptors (Lipinski definition) is 7. The van der Waals surface area contributed by atoms with E-state index in [4.69, 9.17) is 9.88 Å². The van der Waals surface area contributed by atoms with E-state index in [0.717, 1.165) is 27.6 Å². The highest BCUT2D eigenvalue weighted by Gasteiger charge is 2.20. The SMILES string of the molecule is Cc1cc([C@@H](C)Oc2ccccc2S(N)(=O)=O)c2cc(-c3ccc(-c4cnn(C)c4)cn3)c(C#N)nc2c1. The molecule has 0 aliphatic rings. The van der Waals surface area contributed by atoms with Crippen molar-refractivity contribution in [2.24, 2.45) is 12.2 Å². The minimum Gasteiger partial charge on any atom is -0.485 e. The Kier molecular flexibility index (Phi) is 6.40. The number of aromatic nitrogens is 4. The van der Waals surface area contributed by atoms with Crippen LogP contribution in [0.5, 0.6) is 5.75 Å². The van der Waals surface area contributed by atoms with Crippen LogP contribution >= 0.6 is 0 Å². The standard InChI is InChI=1S/C28H24N6O3S/c1-17-10-21(18(2)37-27-6-4-5-7-28(27)38(30,35)36)22-12-23(26(13-29)33-25(22)11-17)24-9-8-19(14-31-24)20-15-32-34(3)16-20/h4-12,14-16,18H,1-3H3,(H2,30,35,36)/t18-/m1/s1. The number of pyridine rings is 2. The summed E-state index contributed by atoms with van der Waals surface area (Å²) in [7, 11) is -2.12. The Hall–Kier alpha value is -4.59. The van der Waals surface area contributed by atoms with E-state index in [1.807, 2.05) is 57.4 Å². The summed E-state index contributed by atoms with van der Waals surface area (Å²) in [4.78, 5) is 9.15. The molecule has 1 atom stereocenters. The van der Waals surface area contributed by atoms with Gasteiger partial charge in [0.15, 0.2) is 5.69 Å². The molecule has 0 aliphatic heterocycles. The predicted octanol–water partition coefficient (Wildman–Crippen LogP) is 4.66. The fourth-order valence-electron chi connectivity index (χ4n) is 4.40. The number of para-hydroxylation sites is 1. The number of nitrogens with two attached hydrogens (primary N) is 1. The zero-order valence-electron chi connectivity index (χ0n) is 21.0. The summed E-state index contributed by atoms with van der Waals surface area (Å²) in [6.45, 7) is 3.75. The number of rotatable bonds is 6. The Bertz CT molecular complexity index is 1820. The quantitative estimate of drug-likeness (QED) is 0.341. The van der Waals surface area contributed by atoms with Gasteiger partial charge in [-0.25, -0.2) is 18.5 Å². The Morgan fingerprint density at radius 1 is 1.08 bits per heavy atom. The number of nitriles is 1. The molecule has 0 bridgehead atoms. The largest absolute Gasteiger partial charge is 0.485 e. The first-order valence-electron chi connectivity index (χ1n) is 11.7. The van der Waals surface area contributed by atoms with Crippen molar-refractivity contribution in [1.29, 1.82) is 5.26 Å². The summed E-state index contributed by atoms with van der Waals surface area (Å²) in [5.41, 5.74) is 5.61. The van der Waals surface area contributed by atoms with Crippen LogP contribution in [0.4, 0.5) is 0 Å². The van der Waals surface area contributed by atoms with Crippen molar-refractivity contribution >= 4 is 20.9 Å². The van der Waals surface area contributed by atoms with Crippen molar-refractivity contribution in [2.45, 2.75) is 24.8 Å². The van der Waals surface area contributed by atoms with Gasteiger partial charge in [-0.1, -0.05) is 24.3 Å². The third-order valence-electron chi connectivity index (χ3n) is 6.19. The average molecular weight is 525 g/mol. The smallest absolute Gasteiger partial charge is 0.241 e. The molecule has 9 nitrogen and oxygen atoms in total. The first-order chi connectivity index (χ1) is 18.1. The lowest BCUT2D eigenvalue weighted by Crippen LogP contribution is -2.15. The topological polar surface area (TPSA) is 137 Å². The van der Waals surface area contributed by atoms with E-state index in [0.29, 0.717) is 16.8 Å². The predicted molar refractivity (Wildman–Crippen MR) is 143 cm³/mol. The van der Waals surface area contributed by atoms with Gasteiger partial charge in [0.05, 0.1) is 17.4 Å². The maximum absolute atomic E-state index is 12.1. The van der Waals surface area contributed by atoms with E-state index in [-0.39, 0.29) is 16.3 Å². The van der Waals surface area contributed by atoms with Crippen LogP contribution in [0.2, 0.25) is 0 Å². The van der Waals surface area contributed by atoms with Crippen LogP contribution in [-0.4, -0.2) is 28.2 Å². The Morgan fingerprint density at radius 2 is 1.87 bits per heavy atom. The van der Waals surface area contributed by atoms with Crippen LogP contribution in [0.25, 0.3) is 33.3 Å². The molecule has 2 aromatic carbocycles. The van der Waals surface area contributed by atoms with Gasteiger partial charge in [0, 0.05) is 47.1 Å². The molecule has 5 aromatic rings. The fraction of sp³-hybridized carbons (Fsp3) is 0.143. The van der Waals surface area contributed by atoms with Crippen LogP contribution in [0.3, 0.4) is 0 Å². The van der Waals surface area contributed by atoms with Gasteiger partial charge in [-0.15, -0.1) is 0 Å². The van der Waals surface area contributed by atoms with Crippen LogP contribution in [0.1, 0.15) is 29.8 Å². The number of nitrogens with zero attached hydrogens (tertiary/aromatic N) is 5. The van der Waals surface area contributed by atoms with Crippen molar-refractivity contribution in [2.75, 3.05) is 0 Å². The first-order valence-corrected chi connectivity index (χ1v) is 13.3. The summed E-state index contributed by atoms with van der Waals surface area (Å²) in [5.74, 6) is 0.159. The van der Waals surface area contributed by atoms with Crippen LogP contribution in [0.15, 0.2) is 78.1 Å². The summed E-state index contributed by atoms with van der Waals surface area (Å²) in [6.07, 6.45) is 4.85. The van der Waals surface area contributed by atoms with Gasteiger partial charge < -0.3 is 4.74 Å². The molecule has 0 radical (unpaired) electrons. The number of hydrogen-bond donors (Lipinski definition) is 1. The van der Waals surface area contributed by atoms with Crippen molar-refractivity contribution in [1.82, 2.24) is 19.7 Å². The number of benzene rings is 2. The van der Waals surface area contributed by atoms with Gasteiger partial charge in [0.1, 0.15) is 22.8 Å². The van der Waals surface area contributed by atoms with E-state index in [1.54, 1.807) is 35.3 Å². The van der Waals surface area contributed by atoms with Crippen LogP contribution in [-0.2, 0) is 17.1 Å². The molecule has 2 N–H and O–H groups in total. The number of aryl methyl sites for hydroxylation is 2. The average Bonchev–Trinajstić information content (AvgIpc) is 3.33. The lowest BCUT2D eigenvalue weighted by molar-refractivity contribution is 0.222. The number of primary sulfonamides is 1. The van der Waals surface area contributed by atoms with Gasteiger partial charge in [-0.05, 0) is 49.7 Å². The summed E-state index contributed by atoms with van der Waals surface area (Å²) >= 11 is 0. The number of ether oxygens (including phenoxy) is 1. The van der Waals surface area contributed by atoms with Crippen LogP contribution < -0.4 is 9.88 Å². The third kappa shape index (κ3) is 4.85. The maximum Gasteiger partial charge on any atom is 0.241 e. The Balaban J connectivity index is 1.59. The van der Waals surface area contributed by atoms with Gasteiger partial charge in [-0.3, -0.25) is 9.67 Å². The molecule has 0 saturated heterocycles. The fourth-order valence-corrected chi connectivity index (χ4v) is 5.06. The van der Waals surface area contributed by atoms with E-state index in [2.05, 4.69) is 21.1 Å². The molecular weight excluding hydrogens is 500 g/mol. The second kappa shape index (κ2) is 9.70. The lowest BCUT2D eigenvalue weighted by atomic mass is 9.97. The van der Waals surface area contributed by atoms with Gasteiger partial charge >= 0.3 is 0 Å². The highest BCUT2D eigenvalue weighted by Crippen LogP contribution is 2.34. The van der Waals surface area contributed by atoms with Crippen molar-refractivity contribution in [3.63, 3.8) is 0 Å². The molecule has 0 amide bonds. The molecule has 3 heterocycles. The zero-order valence-corrected chi connectivity index (χ0v) is 21.8. The van der Waals surface area contributed by atoms with Gasteiger partial charge in [0.2, 0.25) is 10.0 Å². The summed E-state index contributed by atoms with van der Waals surface area (Å²) in [6, 6.07) is 18.0. The molecule has 38 heavy (non-hydrogen) atoms. The van der Waals surface area contributed by atoms with Crippen molar-refractivity contribution < 1.29 is 13.2 Å². The van der Waals surface area contributed by atoms with Crippen molar-refractivity contribution in [3.8, 4) is 34.2 Å². The normalized spacial score (nSPS) is 12.3. The molecule has 0 unspecified atom stereocenters. The second-order valence-corrected chi connectivity index (χ2v) is 10.5. The third-order valence-corrected chi connectivity index (χ3v) is 7.14. The Morgan fingerprint density at radius 3 is 2.53 bits per heavy atom. The maximum atomic E-state index is 12.1. The highest BCUT2D eigenvalue weighted by atomic mass is 32.2. The van der Waals surface area contributed by atoms with E-state index in [1.165, 1.54) is 6.07 Å². The minimum absolute atomic E-state index is 0.0905. The second-order valence-electron chi connectivity index (χ2n) is 9.00. The molecule has 190 valence electrons. The van der Waals surface area contributed by atoms with Gasteiger partial charge in [0.25, 0.3) is 0 Å². The zero-order chi connectivity index (χ0) is 27.0. The monoisotopic (exact) mass is 524 g/mol. The van der Waals surface area contributed by atoms with E-state index >= 15 is 0 Å². The van der Waals surface area contributed by atoms with E-state index < -0.39 is 16.1 Å². The number of fused-ring (bicyclic) bond motifs is 1. The van der Waals surface area contributed by atoms with Gasteiger partial charge in [-0.2, -0.15) is 10.4 Å². The molecule has 0 aliphatic carbocycles. The number of sulfonamides is 1.